The van der Waals surface area contributed by atoms with E-state index in [1.807, 2.05) is 0 Å². The van der Waals surface area contributed by atoms with Crippen molar-refractivity contribution in [1.29, 1.82) is 0 Å². The Bertz CT molecular complexity index is 459. The van der Waals surface area contributed by atoms with Crippen LogP contribution in [-0.2, 0) is 11.2 Å². The SMILES string of the molecule is O=C1CSC(C(=O)O)Cc2ccc(Cl)cc21. The van der Waals surface area contributed by atoms with Crippen LogP contribution >= 0.6 is 23.4 Å². The number of aliphatic carboxylic acids is 1. The average molecular weight is 257 g/mol. The molecule has 1 aliphatic heterocycles. The molecule has 84 valence electrons. The second-order valence-electron chi connectivity index (χ2n) is 3.57. The van der Waals surface area contributed by atoms with Crippen LogP contribution in [0.4, 0.5) is 0 Å². The zero-order valence-electron chi connectivity index (χ0n) is 8.27. The molecule has 1 heterocycles. The zero-order chi connectivity index (χ0) is 11.7. The molecule has 1 aliphatic rings. The first-order chi connectivity index (χ1) is 7.58. The molecule has 0 spiro atoms. The lowest BCUT2D eigenvalue weighted by molar-refractivity contribution is -0.136. The fourth-order valence-corrected chi connectivity index (χ4v) is 2.78. The highest BCUT2D eigenvalue weighted by atomic mass is 35.5. The van der Waals surface area contributed by atoms with Crippen molar-refractivity contribution in [2.24, 2.45) is 0 Å². The molecule has 0 fully saturated rings. The molecule has 5 heteroatoms. The Kier molecular flexibility index (Phi) is 3.21. The lowest BCUT2D eigenvalue weighted by atomic mass is 10.0. The summed E-state index contributed by atoms with van der Waals surface area (Å²) < 4.78 is 0. The van der Waals surface area contributed by atoms with Gasteiger partial charge in [0, 0.05) is 10.6 Å². The van der Waals surface area contributed by atoms with Crippen LogP contribution < -0.4 is 0 Å². The molecule has 3 nitrogen and oxygen atoms in total. The summed E-state index contributed by atoms with van der Waals surface area (Å²) in [5.74, 6) is -0.725. The molecule has 0 bridgehead atoms. The van der Waals surface area contributed by atoms with Crippen molar-refractivity contribution in [3.05, 3.63) is 34.3 Å². The summed E-state index contributed by atoms with van der Waals surface area (Å²) >= 11 is 6.99. The molecular formula is C11H9ClO3S. The van der Waals surface area contributed by atoms with E-state index < -0.39 is 11.2 Å². The van der Waals surface area contributed by atoms with Crippen molar-refractivity contribution in [3.63, 3.8) is 0 Å². The van der Waals surface area contributed by atoms with Crippen molar-refractivity contribution in [2.75, 3.05) is 5.75 Å². The number of carbonyl (C=O) groups excluding carboxylic acids is 1. The number of carboxylic acids is 1. The maximum absolute atomic E-state index is 11.8. The number of benzene rings is 1. The fourth-order valence-electron chi connectivity index (χ4n) is 1.66. The Hall–Kier alpha value is -1.00. The third-order valence-electron chi connectivity index (χ3n) is 2.47. The van der Waals surface area contributed by atoms with Gasteiger partial charge in [0.15, 0.2) is 5.78 Å². The summed E-state index contributed by atoms with van der Waals surface area (Å²) in [5.41, 5.74) is 1.33. The zero-order valence-corrected chi connectivity index (χ0v) is 9.85. The number of hydrogen-bond donors (Lipinski definition) is 1. The second-order valence-corrected chi connectivity index (χ2v) is 5.19. The van der Waals surface area contributed by atoms with Gasteiger partial charge in [0.05, 0.1) is 5.75 Å². The maximum atomic E-state index is 11.8. The van der Waals surface area contributed by atoms with Crippen molar-refractivity contribution in [2.45, 2.75) is 11.7 Å². The minimum Gasteiger partial charge on any atom is -0.480 e. The number of halogens is 1. The number of ketones is 1. The molecule has 0 radical (unpaired) electrons. The van der Waals surface area contributed by atoms with Crippen molar-refractivity contribution >= 4 is 35.1 Å². The number of thioether (sulfide) groups is 1. The fraction of sp³-hybridized carbons (Fsp3) is 0.273. The highest BCUT2D eigenvalue weighted by molar-refractivity contribution is 8.01. The number of carbonyl (C=O) groups is 2. The summed E-state index contributed by atoms with van der Waals surface area (Å²) in [4.78, 5) is 22.7. The molecular weight excluding hydrogens is 248 g/mol. The number of rotatable bonds is 1. The third-order valence-corrected chi connectivity index (χ3v) is 3.90. The minimum atomic E-state index is -0.874. The van der Waals surface area contributed by atoms with Crippen LogP contribution in [0.2, 0.25) is 5.02 Å². The Morgan fingerprint density at radius 1 is 1.50 bits per heavy atom. The first kappa shape index (κ1) is 11.5. The van der Waals surface area contributed by atoms with E-state index in [1.165, 1.54) is 11.8 Å². The summed E-state index contributed by atoms with van der Waals surface area (Å²) in [6.45, 7) is 0. The van der Waals surface area contributed by atoms with Gasteiger partial charge in [0.25, 0.3) is 0 Å². The van der Waals surface area contributed by atoms with Gasteiger partial charge in [-0.15, -0.1) is 11.8 Å². The van der Waals surface area contributed by atoms with E-state index in [0.29, 0.717) is 17.0 Å². The van der Waals surface area contributed by atoms with Gasteiger partial charge in [0.1, 0.15) is 5.25 Å². The van der Waals surface area contributed by atoms with Crippen molar-refractivity contribution in [3.8, 4) is 0 Å². The van der Waals surface area contributed by atoms with E-state index in [1.54, 1.807) is 18.2 Å². The lowest BCUT2D eigenvalue weighted by Gasteiger charge is -2.08. The van der Waals surface area contributed by atoms with Gasteiger partial charge in [-0.1, -0.05) is 17.7 Å². The van der Waals surface area contributed by atoms with Crippen LogP contribution in [0, 0.1) is 0 Å². The smallest absolute Gasteiger partial charge is 0.316 e. The number of hydrogen-bond acceptors (Lipinski definition) is 3. The average Bonchev–Trinajstić information content (AvgIpc) is 2.39. The molecule has 1 aromatic rings. The normalized spacial score (nSPS) is 20.1. The minimum absolute atomic E-state index is 0.0498. The van der Waals surface area contributed by atoms with E-state index in [2.05, 4.69) is 0 Å². The van der Waals surface area contributed by atoms with Crippen LogP contribution in [0.3, 0.4) is 0 Å². The Balaban J connectivity index is 2.41. The van der Waals surface area contributed by atoms with Gasteiger partial charge in [-0.25, -0.2) is 0 Å². The Morgan fingerprint density at radius 3 is 2.94 bits per heavy atom. The number of carboxylic acid groups (broad SMARTS) is 1. The van der Waals surface area contributed by atoms with Gasteiger partial charge >= 0.3 is 5.97 Å². The molecule has 1 unspecified atom stereocenters. The van der Waals surface area contributed by atoms with E-state index in [0.717, 1.165) is 5.56 Å². The molecule has 1 N–H and O–H groups in total. The van der Waals surface area contributed by atoms with Crippen LogP contribution in [0.25, 0.3) is 0 Å². The largest absolute Gasteiger partial charge is 0.480 e. The summed E-state index contributed by atoms with van der Waals surface area (Å²) in [7, 11) is 0. The van der Waals surface area contributed by atoms with Crippen molar-refractivity contribution in [1.82, 2.24) is 0 Å². The molecule has 0 aromatic heterocycles. The monoisotopic (exact) mass is 256 g/mol. The Labute approximate surface area is 102 Å². The maximum Gasteiger partial charge on any atom is 0.316 e. The van der Waals surface area contributed by atoms with Gasteiger partial charge in [-0.2, -0.15) is 0 Å². The van der Waals surface area contributed by atoms with E-state index in [4.69, 9.17) is 16.7 Å². The number of Topliss-reactive ketones (excluding diaryl/α,β-unsaturated/α-hetero) is 1. The third kappa shape index (κ3) is 2.23. The summed E-state index contributed by atoms with van der Waals surface area (Å²) in [6, 6.07) is 5.03. The van der Waals surface area contributed by atoms with Crippen LogP contribution in [-0.4, -0.2) is 27.9 Å². The van der Waals surface area contributed by atoms with Gasteiger partial charge in [-0.05, 0) is 24.1 Å². The highest BCUT2D eigenvalue weighted by Crippen LogP contribution is 2.27. The van der Waals surface area contributed by atoms with Gasteiger partial charge in [-0.3, -0.25) is 9.59 Å². The van der Waals surface area contributed by atoms with Crippen molar-refractivity contribution < 1.29 is 14.7 Å². The molecule has 1 aromatic carbocycles. The first-order valence-corrected chi connectivity index (χ1v) is 6.16. The van der Waals surface area contributed by atoms with Gasteiger partial charge < -0.3 is 5.11 Å². The predicted octanol–water partition coefficient (Wildman–Crippen LogP) is 2.27. The standard InChI is InChI=1S/C11H9ClO3S/c12-7-2-1-6-3-10(11(14)15)16-5-9(13)8(6)4-7/h1-2,4,10H,3,5H2,(H,14,15). The molecule has 0 amide bonds. The number of fused-ring (bicyclic) bond motifs is 1. The lowest BCUT2D eigenvalue weighted by Crippen LogP contribution is -2.18. The molecule has 0 saturated heterocycles. The molecule has 16 heavy (non-hydrogen) atoms. The molecule has 1 atom stereocenters. The molecule has 2 rings (SSSR count). The van der Waals surface area contributed by atoms with E-state index in [-0.39, 0.29) is 11.5 Å². The van der Waals surface area contributed by atoms with E-state index >= 15 is 0 Å². The summed E-state index contributed by atoms with van der Waals surface area (Å²) in [6.07, 6.45) is 0.373. The molecule has 0 aliphatic carbocycles. The molecule has 0 saturated carbocycles. The second kappa shape index (κ2) is 4.47. The predicted molar refractivity (Wildman–Crippen MR) is 63.4 cm³/mol. The topological polar surface area (TPSA) is 54.4 Å². The highest BCUT2D eigenvalue weighted by Gasteiger charge is 2.26. The van der Waals surface area contributed by atoms with Crippen LogP contribution in [0.15, 0.2) is 18.2 Å². The summed E-state index contributed by atoms with van der Waals surface area (Å²) in [5, 5.41) is 8.93. The van der Waals surface area contributed by atoms with Gasteiger partial charge in [0.2, 0.25) is 0 Å². The quantitative estimate of drug-likeness (QED) is 0.838. The van der Waals surface area contributed by atoms with E-state index in [9.17, 15) is 9.59 Å². The Morgan fingerprint density at radius 2 is 2.25 bits per heavy atom. The van der Waals surface area contributed by atoms with Crippen LogP contribution in [0.5, 0.6) is 0 Å². The van der Waals surface area contributed by atoms with Crippen LogP contribution in [0.1, 0.15) is 15.9 Å². The first-order valence-electron chi connectivity index (χ1n) is 4.74.